The highest BCUT2D eigenvalue weighted by molar-refractivity contribution is 5.50. The summed E-state index contributed by atoms with van der Waals surface area (Å²) in [4.78, 5) is 0. The molecule has 0 aromatic heterocycles. The van der Waals surface area contributed by atoms with Gasteiger partial charge in [0.1, 0.15) is 0 Å². The number of hydrogen-bond acceptors (Lipinski definition) is 4. The topological polar surface area (TPSA) is 80.9 Å². The van der Waals surface area contributed by atoms with Gasteiger partial charge in [0.2, 0.25) is 0 Å². The van der Waals surface area contributed by atoms with Gasteiger partial charge in [-0.1, -0.05) is 0 Å². The monoisotopic (exact) mass is 272 g/mol. The Kier molecular flexibility index (Phi) is 2.93. The second-order valence-corrected chi connectivity index (χ2v) is 5.22. The third-order valence-electron chi connectivity index (χ3n) is 3.92. The molecule has 0 unspecified atom stereocenters. The molecule has 104 valence electrons. The average Bonchev–Trinajstić information content (AvgIpc) is 2.40. The molecule has 0 bridgehead atoms. The highest BCUT2D eigenvalue weighted by atomic mass is 16.3. The Morgan fingerprint density at radius 2 is 0.650 bits per heavy atom. The maximum absolute atomic E-state index is 9.59. The normalized spacial score (nSPS) is 14.0. The first kappa shape index (κ1) is 12.7. The quantitative estimate of drug-likeness (QED) is 0.555. The van der Waals surface area contributed by atoms with Crippen LogP contribution in [0.5, 0.6) is 23.0 Å². The van der Waals surface area contributed by atoms with Crippen molar-refractivity contribution in [2.24, 2.45) is 0 Å². The Labute approximate surface area is 116 Å². The number of hydrogen-bond donors (Lipinski definition) is 4. The predicted octanol–water partition coefficient (Wildman–Crippen LogP) is 2.39. The molecule has 0 amide bonds. The Morgan fingerprint density at radius 3 is 0.850 bits per heavy atom. The minimum atomic E-state index is -0.0990. The third kappa shape index (κ3) is 2.13. The Balaban J connectivity index is 2.00. The van der Waals surface area contributed by atoms with Crippen LogP contribution in [0.1, 0.15) is 22.3 Å². The number of rotatable bonds is 0. The summed E-state index contributed by atoms with van der Waals surface area (Å²) in [6, 6.07) is 6.43. The van der Waals surface area contributed by atoms with Crippen molar-refractivity contribution >= 4 is 0 Å². The van der Waals surface area contributed by atoms with Gasteiger partial charge in [-0.05, 0) is 72.2 Å². The molecule has 0 atom stereocenters. The molecule has 0 spiro atoms. The molecule has 4 nitrogen and oxygen atoms in total. The summed E-state index contributed by atoms with van der Waals surface area (Å²) < 4.78 is 0. The van der Waals surface area contributed by atoms with E-state index in [-0.39, 0.29) is 23.0 Å². The molecule has 2 aromatic carbocycles. The molecule has 0 saturated carbocycles. The third-order valence-corrected chi connectivity index (χ3v) is 3.92. The lowest BCUT2D eigenvalue weighted by Crippen LogP contribution is -2.06. The van der Waals surface area contributed by atoms with Crippen LogP contribution in [-0.2, 0) is 25.7 Å². The predicted molar refractivity (Wildman–Crippen MR) is 74.4 cm³/mol. The van der Waals surface area contributed by atoms with Crippen molar-refractivity contribution in [1.29, 1.82) is 0 Å². The second-order valence-electron chi connectivity index (χ2n) is 5.22. The van der Waals surface area contributed by atoms with Gasteiger partial charge in [-0.15, -0.1) is 0 Å². The van der Waals surface area contributed by atoms with Crippen LogP contribution in [-0.4, -0.2) is 20.4 Å². The lowest BCUT2D eigenvalue weighted by molar-refractivity contribution is 0.401. The standard InChI is InChI=1S/C16H16O4/c17-13-5-9-1-2-10-6-14(18)16(20)8-12(10)4-3-11(9)7-15(13)19/h5-8,17-20H,1-4H2. The summed E-state index contributed by atoms with van der Waals surface area (Å²) in [5.74, 6) is -0.396. The Hall–Kier alpha value is -2.36. The molecular formula is C16H16O4. The fraction of sp³-hybridized carbons (Fsp3) is 0.250. The van der Waals surface area contributed by atoms with Gasteiger partial charge < -0.3 is 20.4 Å². The van der Waals surface area contributed by atoms with Crippen molar-refractivity contribution in [2.45, 2.75) is 25.7 Å². The summed E-state index contributed by atoms with van der Waals surface area (Å²) in [5.41, 5.74) is 4.05. The first-order valence-corrected chi connectivity index (χ1v) is 6.62. The minimum absolute atomic E-state index is 0.0990. The zero-order valence-electron chi connectivity index (χ0n) is 10.9. The van der Waals surface area contributed by atoms with E-state index in [0.29, 0.717) is 0 Å². The molecule has 3 rings (SSSR count). The number of aromatic hydroxyl groups is 4. The lowest BCUT2D eigenvalue weighted by atomic mass is 9.88. The van der Waals surface area contributed by atoms with Crippen LogP contribution >= 0.6 is 0 Å². The Bertz CT molecular complexity index is 559. The second kappa shape index (κ2) is 4.63. The van der Waals surface area contributed by atoms with Gasteiger partial charge in [0.25, 0.3) is 0 Å². The lowest BCUT2D eigenvalue weighted by Gasteiger charge is -2.18. The molecule has 4 N–H and O–H groups in total. The van der Waals surface area contributed by atoms with Crippen molar-refractivity contribution in [3.63, 3.8) is 0 Å². The highest BCUT2D eigenvalue weighted by Gasteiger charge is 2.16. The van der Waals surface area contributed by atoms with Crippen LogP contribution in [0.4, 0.5) is 0 Å². The largest absolute Gasteiger partial charge is 0.504 e. The van der Waals surface area contributed by atoms with E-state index in [4.69, 9.17) is 0 Å². The van der Waals surface area contributed by atoms with E-state index in [9.17, 15) is 20.4 Å². The van der Waals surface area contributed by atoms with Gasteiger partial charge >= 0.3 is 0 Å². The fourth-order valence-electron chi connectivity index (χ4n) is 2.80. The summed E-state index contributed by atoms with van der Waals surface area (Å²) >= 11 is 0. The molecule has 20 heavy (non-hydrogen) atoms. The van der Waals surface area contributed by atoms with E-state index in [1.54, 1.807) is 24.3 Å². The van der Waals surface area contributed by atoms with Crippen molar-refractivity contribution < 1.29 is 20.4 Å². The molecule has 0 aliphatic heterocycles. The van der Waals surface area contributed by atoms with Gasteiger partial charge in [-0.2, -0.15) is 0 Å². The van der Waals surface area contributed by atoms with Crippen LogP contribution < -0.4 is 0 Å². The zero-order chi connectivity index (χ0) is 14.3. The van der Waals surface area contributed by atoms with E-state index >= 15 is 0 Å². The average molecular weight is 272 g/mol. The van der Waals surface area contributed by atoms with Crippen LogP contribution in [0, 0.1) is 0 Å². The van der Waals surface area contributed by atoms with E-state index in [2.05, 4.69) is 0 Å². The highest BCUT2D eigenvalue weighted by Crippen LogP contribution is 2.34. The first-order chi connectivity index (χ1) is 9.54. The summed E-state index contributed by atoms with van der Waals surface area (Å²) in [7, 11) is 0. The molecule has 0 saturated heterocycles. The van der Waals surface area contributed by atoms with E-state index in [1.807, 2.05) is 0 Å². The number of aryl methyl sites for hydroxylation is 4. The first-order valence-electron chi connectivity index (χ1n) is 6.62. The fourth-order valence-corrected chi connectivity index (χ4v) is 2.80. The summed E-state index contributed by atoms with van der Waals surface area (Å²) in [6.07, 6.45) is 2.89. The van der Waals surface area contributed by atoms with E-state index in [1.165, 1.54) is 0 Å². The van der Waals surface area contributed by atoms with Crippen LogP contribution in [0.3, 0.4) is 0 Å². The molecule has 1 aliphatic carbocycles. The minimum Gasteiger partial charge on any atom is -0.504 e. The van der Waals surface area contributed by atoms with Crippen LogP contribution in [0.25, 0.3) is 0 Å². The smallest absolute Gasteiger partial charge is 0.157 e. The van der Waals surface area contributed by atoms with Crippen molar-refractivity contribution in [3.05, 3.63) is 46.5 Å². The maximum atomic E-state index is 9.59. The molecule has 2 aromatic rings. The van der Waals surface area contributed by atoms with Gasteiger partial charge in [0.15, 0.2) is 23.0 Å². The van der Waals surface area contributed by atoms with Gasteiger partial charge in [-0.3, -0.25) is 0 Å². The van der Waals surface area contributed by atoms with Gasteiger partial charge in [0.05, 0.1) is 0 Å². The molecule has 0 heterocycles. The number of phenols is 4. The molecule has 4 heteroatoms. The summed E-state index contributed by atoms with van der Waals surface area (Å²) in [5, 5.41) is 38.4. The van der Waals surface area contributed by atoms with Crippen molar-refractivity contribution in [3.8, 4) is 23.0 Å². The number of fused-ring (bicyclic) bond motifs is 2. The Morgan fingerprint density at radius 1 is 0.450 bits per heavy atom. The van der Waals surface area contributed by atoms with E-state index in [0.717, 1.165) is 47.9 Å². The van der Waals surface area contributed by atoms with Crippen molar-refractivity contribution in [2.75, 3.05) is 0 Å². The SMILES string of the molecule is Oc1cc2c(cc1O)CCc1cc(O)c(O)cc1CC2. The molecular weight excluding hydrogens is 256 g/mol. The van der Waals surface area contributed by atoms with E-state index < -0.39 is 0 Å². The summed E-state index contributed by atoms with van der Waals surface area (Å²) in [6.45, 7) is 0. The zero-order valence-corrected chi connectivity index (χ0v) is 10.9. The molecule has 0 radical (unpaired) electrons. The van der Waals surface area contributed by atoms with Crippen molar-refractivity contribution in [1.82, 2.24) is 0 Å². The van der Waals surface area contributed by atoms with Gasteiger partial charge in [-0.25, -0.2) is 0 Å². The van der Waals surface area contributed by atoms with Gasteiger partial charge in [0, 0.05) is 0 Å². The number of benzene rings is 2. The maximum Gasteiger partial charge on any atom is 0.157 e. The van der Waals surface area contributed by atoms with Crippen LogP contribution in [0.15, 0.2) is 24.3 Å². The van der Waals surface area contributed by atoms with Crippen LogP contribution in [0.2, 0.25) is 0 Å². The molecule has 0 fully saturated rings. The number of phenolic OH excluding ortho intramolecular Hbond substituents is 4. The molecule has 1 aliphatic rings.